The van der Waals surface area contributed by atoms with Crippen LogP contribution in [0.3, 0.4) is 0 Å². The third-order valence-electron chi connectivity index (χ3n) is 3.71. The van der Waals surface area contributed by atoms with E-state index >= 15 is 0 Å². The first-order valence-electron chi connectivity index (χ1n) is 6.52. The van der Waals surface area contributed by atoms with Crippen LogP contribution in [0.4, 0.5) is 0 Å². The molecule has 0 aromatic carbocycles. The van der Waals surface area contributed by atoms with Crippen LogP contribution >= 0.6 is 0 Å². The largest absolute Gasteiger partial charge is 0.304 e. The summed E-state index contributed by atoms with van der Waals surface area (Å²) in [5.41, 5.74) is 0.308. The van der Waals surface area contributed by atoms with Crippen LogP contribution in [0.25, 0.3) is 0 Å². The van der Waals surface area contributed by atoms with Gasteiger partial charge in [-0.3, -0.25) is 0 Å². The quantitative estimate of drug-likeness (QED) is 0.718. The highest BCUT2D eigenvalue weighted by Crippen LogP contribution is 2.10. The topological polar surface area (TPSA) is 9.72 Å². The lowest BCUT2D eigenvalue weighted by molar-refractivity contribution is 0.132. The fourth-order valence-corrected chi connectivity index (χ4v) is 1.94. The van der Waals surface area contributed by atoms with Crippen LogP contribution < -0.4 is 0 Å². The Morgan fingerprint density at radius 1 is 1.06 bits per heavy atom. The Bertz CT molecular complexity index is 190. The molecule has 1 aliphatic rings. The monoisotopic (exact) mass is 227 g/mol. The Morgan fingerprint density at radius 2 is 1.62 bits per heavy atom. The lowest BCUT2D eigenvalue weighted by Gasteiger charge is -2.35. The van der Waals surface area contributed by atoms with Crippen LogP contribution in [0.1, 0.15) is 27.2 Å². The number of nitrogens with zero attached hydrogens (tertiary/aromatic N) is 3. The molecule has 0 N–H and O–H groups in total. The first-order chi connectivity index (χ1) is 7.39. The molecule has 0 unspecified atom stereocenters. The van der Waals surface area contributed by atoms with E-state index in [9.17, 15) is 0 Å². The summed E-state index contributed by atoms with van der Waals surface area (Å²) in [7, 11) is 4.44. The molecule has 0 aliphatic carbocycles. The SMILES string of the molecule is CN1CCN(CCCN(C)C(C)(C)C)CC1. The zero-order valence-corrected chi connectivity index (χ0v) is 11.8. The molecule has 1 heterocycles. The maximum atomic E-state index is 2.59. The lowest BCUT2D eigenvalue weighted by Crippen LogP contribution is -2.45. The van der Waals surface area contributed by atoms with Crippen LogP contribution in [0.2, 0.25) is 0 Å². The molecule has 3 heteroatoms. The molecular formula is C13H29N3. The normalized spacial score (nSPS) is 20.6. The molecule has 0 radical (unpaired) electrons. The second-order valence-electron chi connectivity index (χ2n) is 6.09. The molecule has 1 fully saturated rings. The standard InChI is InChI=1S/C13H29N3/c1-13(2,3)15(5)7-6-8-16-11-9-14(4)10-12-16/h6-12H2,1-5H3. The van der Waals surface area contributed by atoms with Crippen LogP contribution in [0.15, 0.2) is 0 Å². The molecule has 3 nitrogen and oxygen atoms in total. The van der Waals surface area contributed by atoms with Crippen molar-refractivity contribution in [2.75, 3.05) is 53.4 Å². The van der Waals surface area contributed by atoms with Gasteiger partial charge in [-0.2, -0.15) is 0 Å². The molecule has 0 aromatic heterocycles. The van der Waals surface area contributed by atoms with Crippen molar-refractivity contribution in [2.24, 2.45) is 0 Å². The number of hydrogen-bond acceptors (Lipinski definition) is 3. The van der Waals surface area contributed by atoms with Crippen LogP contribution in [0, 0.1) is 0 Å². The van der Waals surface area contributed by atoms with E-state index in [1.165, 1.54) is 45.7 Å². The van der Waals surface area contributed by atoms with Gasteiger partial charge in [-0.05, 0) is 54.4 Å². The molecule has 0 atom stereocenters. The van der Waals surface area contributed by atoms with Gasteiger partial charge < -0.3 is 14.7 Å². The minimum Gasteiger partial charge on any atom is -0.304 e. The molecule has 1 saturated heterocycles. The fourth-order valence-electron chi connectivity index (χ4n) is 1.94. The van der Waals surface area contributed by atoms with Crippen molar-refractivity contribution in [3.63, 3.8) is 0 Å². The Kier molecular flexibility index (Phi) is 5.22. The van der Waals surface area contributed by atoms with Gasteiger partial charge in [-0.25, -0.2) is 0 Å². The molecule has 1 aliphatic heterocycles. The molecule has 96 valence electrons. The maximum Gasteiger partial charge on any atom is 0.0122 e. The predicted molar refractivity (Wildman–Crippen MR) is 70.9 cm³/mol. The Balaban J connectivity index is 2.11. The molecule has 1 rings (SSSR count). The molecule has 0 bridgehead atoms. The van der Waals surface area contributed by atoms with E-state index in [-0.39, 0.29) is 0 Å². The summed E-state index contributed by atoms with van der Waals surface area (Å²) in [5, 5.41) is 0. The highest BCUT2D eigenvalue weighted by atomic mass is 15.2. The summed E-state index contributed by atoms with van der Waals surface area (Å²) >= 11 is 0. The first-order valence-corrected chi connectivity index (χ1v) is 6.52. The summed E-state index contributed by atoms with van der Waals surface area (Å²) in [4.78, 5) is 7.46. The molecular weight excluding hydrogens is 198 g/mol. The number of rotatable bonds is 4. The van der Waals surface area contributed by atoms with Gasteiger partial charge >= 0.3 is 0 Å². The van der Waals surface area contributed by atoms with E-state index in [1.54, 1.807) is 0 Å². The highest BCUT2D eigenvalue weighted by molar-refractivity contribution is 4.74. The van der Waals surface area contributed by atoms with Crippen LogP contribution in [-0.2, 0) is 0 Å². The predicted octanol–water partition coefficient (Wildman–Crippen LogP) is 1.35. The lowest BCUT2D eigenvalue weighted by atomic mass is 10.1. The van der Waals surface area contributed by atoms with Crippen molar-refractivity contribution in [1.82, 2.24) is 14.7 Å². The van der Waals surface area contributed by atoms with Crippen molar-refractivity contribution in [1.29, 1.82) is 0 Å². The fraction of sp³-hybridized carbons (Fsp3) is 1.00. The van der Waals surface area contributed by atoms with Gasteiger partial charge in [-0.1, -0.05) is 0 Å². The van der Waals surface area contributed by atoms with Gasteiger partial charge in [0.2, 0.25) is 0 Å². The zero-order chi connectivity index (χ0) is 12.2. The van der Waals surface area contributed by atoms with Crippen molar-refractivity contribution in [3.05, 3.63) is 0 Å². The van der Waals surface area contributed by atoms with E-state index in [2.05, 4.69) is 49.6 Å². The number of likely N-dealkylation sites (N-methyl/N-ethyl adjacent to an activating group) is 1. The van der Waals surface area contributed by atoms with E-state index in [4.69, 9.17) is 0 Å². The van der Waals surface area contributed by atoms with Gasteiger partial charge in [0.1, 0.15) is 0 Å². The molecule has 0 spiro atoms. The molecule has 0 aromatic rings. The second kappa shape index (κ2) is 5.99. The number of hydrogen-bond donors (Lipinski definition) is 0. The van der Waals surface area contributed by atoms with E-state index in [0.717, 1.165) is 0 Å². The minimum atomic E-state index is 0.308. The summed E-state index contributed by atoms with van der Waals surface area (Å²) < 4.78 is 0. The average molecular weight is 227 g/mol. The van der Waals surface area contributed by atoms with E-state index < -0.39 is 0 Å². The maximum absolute atomic E-state index is 2.59. The Hall–Kier alpha value is -0.120. The average Bonchev–Trinajstić information content (AvgIpc) is 2.19. The zero-order valence-electron chi connectivity index (χ0n) is 11.8. The smallest absolute Gasteiger partial charge is 0.0122 e. The first kappa shape index (κ1) is 13.9. The Morgan fingerprint density at radius 3 is 2.12 bits per heavy atom. The molecule has 0 saturated carbocycles. The molecule has 16 heavy (non-hydrogen) atoms. The third kappa shape index (κ3) is 4.81. The van der Waals surface area contributed by atoms with Crippen molar-refractivity contribution in [3.8, 4) is 0 Å². The van der Waals surface area contributed by atoms with Crippen LogP contribution in [-0.4, -0.2) is 73.6 Å². The molecule has 0 amide bonds. The van der Waals surface area contributed by atoms with Gasteiger partial charge in [0.25, 0.3) is 0 Å². The van der Waals surface area contributed by atoms with Crippen molar-refractivity contribution >= 4 is 0 Å². The summed E-state index contributed by atoms with van der Waals surface area (Å²) in [5.74, 6) is 0. The van der Waals surface area contributed by atoms with Crippen molar-refractivity contribution in [2.45, 2.75) is 32.7 Å². The van der Waals surface area contributed by atoms with Gasteiger partial charge in [-0.15, -0.1) is 0 Å². The summed E-state index contributed by atoms with van der Waals surface area (Å²) in [6.07, 6.45) is 1.29. The van der Waals surface area contributed by atoms with Gasteiger partial charge in [0.15, 0.2) is 0 Å². The Labute approximate surface area is 101 Å². The third-order valence-corrected chi connectivity index (χ3v) is 3.71. The highest BCUT2D eigenvalue weighted by Gasteiger charge is 2.17. The summed E-state index contributed by atoms with van der Waals surface area (Å²) in [6, 6.07) is 0. The van der Waals surface area contributed by atoms with E-state index in [1.807, 2.05) is 0 Å². The second-order valence-corrected chi connectivity index (χ2v) is 6.09. The van der Waals surface area contributed by atoms with Gasteiger partial charge in [0, 0.05) is 31.7 Å². The van der Waals surface area contributed by atoms with Gasteiger partial charge in [0.05, 0.1) is 0 Å². The minimum absolute atomic E-state index is 0.308. The van der Waals surface area contributed by atoms with E-state index in [0.29, 0.717) is 5.54 Å². The van der Waals surface area contributed by atoms with Crippen molar-refractivity contribution < 1.29 is 0 Å². The van der Waals surface area contributed by atoms with Crippen LogP contribution in [0.5, 0.6) is 0 Å². The summed E-state index contributed by atoms with van der Waals surface area (Å²) in [6.45, 7) is 14.3. The number of piperazine rings is 1.